The summed E-state index contributed by atoms with van der Waals surface area (Å²) >= 11 is 8.34. The Morgan fingerprint density at radius 2 is 0.731 bits per heavy atom. The molecule has 4 atom stereocenters. The molecule has 7 amide bonds. The SMILES string of the molecule is Br.CC(C)(C)OC(=O)NCCCC[C@H](N)C(=O)O.CC(C)(C)OC(=O)NCCCC[C@H](NC(=O)c1cccc(N=[N+]=[N-])c1)C(=O)C=[N+]=[N-].CC(C)(C)OC(=O)NCCCC[C@H](NC(=O)c1cccc(N=[N+]=[N-])c1)C(=O)CBr.CC(C)(C)OC(=O)NCCCC[C@H](NC(=O)c1cccc(N=[N+]=[N-])c1)C(=O)O.Oc1c(F)c(F)cc(F)c1F.[F-].[K+].[N-]=[N+]=Nc1cccc(C(=O)Cl)c1. The number of azide groups is 4. The minimum absolute atomic E-state index is 0. The first-order valence-corrected chi connectivity index (χ1v) is 40.1. The standard InChI is InChI=1S/C19H26BrN5O4.C19H25N7O4.C18H25N5O5.C11H22N2O4.C7H4ClN3O.C6H2F4O.BrH.FH.K/c1-19(2,3)29-18(28)22-10-5-4-9-15(16(26)12-20)23-17(27)13-7-6-8-14(11-13)24-25-21;1-19(2,3)30-18(29)22-10-5-4-9-15(16(27)12-23-20)24-17(28)13-7-6-8-14(11-13)25-26-21;1-18(2,3)28-17(27)20-10-5-4-9-14(16(25)26)21-15(24)12-7-6-8-13(11-12)22-23-19;1-11(2,3)17-10(16)13-7-5-4-6-8(12)9(14)15;8-7(12)5-2-1-3-6(4-5)10-11-9;7-2-1-3(8)5(10)6(11)4(2)9;;;/h6-8,11,15H,4-5,9-10,12H2,1-3H3,(H,22,28)(H,23,27);6-8,11-12,15H,4-5,9-10H2,1-3H3,(H,22,29)(H,24,28);6-8,11,14H,4-5,9-10H2,1-3H3,(H,20,27)(H,21,24)(H,25,26);8H,4-7,12H2,1-3H3,(H,13,16)(H,14,15);1-4H;1,11H;2*1H;/q;;;;;;;;+1/p-1/t2*15-;14-;8-;;;;;/m0000...../s1. The number of aliphatic carboxylic acids is 2. The topological polar surface area (TPSA) is 644 Å². The number of benzene rings is 5. The second kappa shape index (κ2) is 66.8. The molecular formula is C80H105Br2ClF5KN22O19. The average molecular weight is 2010 g/mol. The van der Waals surface area contributed by atoms with Crippen LogP contribution in [0.15, 0.2) is 124 Å². The number of carboxylic acids is 2. The summed E-state index contributed by atoms with van der Waals surface area (Å²) in [5, 5.41) is 57.6. The Labute approximate surface area is 811 Å². The van der Waals surface area contributed by atoms with Crippen molar-refractivity contribution in [3.63, 3.8) is 0 Å². The number of ketones is 2. The predicted octanol–water partition coefficient (Wildman–Crippen LogP) is 11.8. The maximum Gasteiger partial charge on any atom is 1.00 e. The Kier molecular flexibility index (Phi) is 64.1. The summed E-state index contributed by atoms with van der Waals surface area (Å²) in [7, 11) is 0. The van der Waals surface area contributed by atoms with E-state index in [2.05, 4.69) is 98.0 Å². The molecule has 0 aliphatic carbocycles. The number of carbonyl (C=O) groups is 12. The van der Waals surface area contributed by atoms with E-state index in [9.17, 15) is 80.2 Å². The van der Waals surface area contributed by atoms with Gasteiger partial charge in [0.05, 0.1) is 17.4 Å². The molecule has 5 aromatic carbocycles. The quantitative estimate of drug-likeness (QED) is 0.00150. The van der Waals surface area contributed by atoms with Gasteiger partial charge >= 0.3 is 93.9 Å². The third kappa shape index (κ3) is 59.6. The smallest absolute Gasteiger partial charge is 1.00 e. The van der Waals surface area contributed by atoms with Crippen molar-refractivity contribution in [1.29, 1.82) is 0 Å². The summed E-state index contributed by atoms with van der Waals surface area (Å²) in [6.45, 7) is 22.8. The van der Waals surface area contributed by atoms with Crippen molar-refractivity contribution >= 4 is 144 Å². The molecule has 5 rings (SSSR count). The number of ether oxygens (including phenoxy) is 4. The summed E-state index contributed by atoms with van der Waals surface area (Å²) in [6, 6.07) is 20.8. The van der Waals surface area contributed by atoms with E-state index < -0.39 is 141 Å². The van der Waals surface area contributed by atoms with Gasteiger partial charge in [0.25, 0.3) is 28.7 Å². The maximum atomic E-state index is 12.5. The van der Waals surface area contributed by atoms with Crippen molar-refractivity contribution in [3.8, 4) is 5.75 Å². The normalized spacial score (nSPS) is 11.1. The van der Waals surface area contributed by atoms with Gasteiger partial charge in [0.1, 0.15) is 34.5 Å². The molecular weight excluding hydrogens is 1900 g/mol. The number of hydrogen-bond donors (Lipinski definition) is 11. The van der Waals surface area contributed by atoms with Crippen molar-refractivity contribution in [3.05, 3.63) is 196 Å². The molecule has 0 aromatic heterocycles. The van der Waals surface area contributed by atoms with E-state index in [0.717, 1.165) is 6.21 Å². The van der Waals surface area contributed by atoms with Gasteiger partial charge in [-0.15, -0.1) is 17.0 Å². The van der Waals surface area contributed by atoms with Crippen molar-refractivity contribution in [2.24, 2.45) is 26.2 Å². The van der Waals surface area contributed by atoms with E-state index in [0.29, 0.717) is 113 Å². The van der Waals surface area contributed by atoms with Crippen LogP contribution in [0, 0.1) is 23.3 Å². The van der Waals surface area contributed by atoms with Gasteiger partial charge in [-0.25, -0.2) is 32.8 Å². The molecule has 0 fully saturated rings. The molecule has 0 saturated heterocycles. The van der Waals surface area contributed by atoms with Crippen LogP contribution in [0.5, 0.6) is 5.75 Å². The fraction of sp³-hybridized carbons (Fsp3) is 0.463. The third-order valence-corrected chi connectivity index (χ3v) is 15.9. The number of phenols is 1. The number of nitrogens with one attached hydrogen (secondary N) is 7. The average Bonchev–Trinajstić information content (AvgIpc) is 0.819. The van der Waals surface area contributed by atoms with Crippen LogP contribution in [-0.2, 0) is 38.1 Å². The minimum atomic E-state index is -1.79. The zero-order valence-electron chi connectivity index (χ0n) is 73.5. The summed E-state index contributed by atoms with van der Waals surface area (Å²) in [4.78, 5) is 153. The second-order valence-electron chi connectivity index (χ2n) is 30.4. The van der Waals surface area contributed by atoms with Crippen LogP contribution in [0.4, 0.5) is 59.5 Å². The van der Waals surface area contributed by atoms with Crippen molar-refractivity contribution in [1.82, 2.24) is 37.2 Å². The molecule has 0 spiro atoms. The van der Waals surface area contributed by atoms with Crippen molar-refractivity contribution < 1.29 is 170 Å². The van der Waals surface area contributed by atoms with Gasteiger partial charge in [-0.3, -0.25) is 33.6 Å². The van der Waals surface area contributed by atoms with Gasteiger partial charge in [-0.2, -0.15) is 13.6 Å². The first kappa shape index (κ1) is 125. The second-order valence-corrected chi connectivity index (χ2v) is 31.3. The molecule has 0 bridgehead atoms. The van der Waals surface area contributed by atoms with Crippen LogP contribution < -0.4 is 99.0 Å². The Morgan fingerprint density at radius 3 is 1.01 bits per heavy atom. The van der Waals surface area contributed by atoms with E-state index in [4.69, 9.17) is 74.2 Å². The Hall–Kier alpha value is -11.5. The monoisotopic (exact) mass is 2000 g/mol. The fourth-order valence-corrected chi connectivity index (χ4v) is 9.97. The van der Waals surface area contributed by atoms with Crippen LogP contribution in [0.3, 0.4) is 0 Å². The summed E-state index contributed by atoms with van der Waals surface area (Å²) in [6.07, 6.45) is 4.67. The van der Waals surface area contributed by atoms with E-state index in [1.165, 1.54) is 54.6 Å². The largest absolute Gasteiger partial charge is 1.00 e. The molecule has 0 unspecified atom stereocenters. The van der Waals surface area contributed by atoms with Gasteiger partial charge in [-0.05, 0) is 236 Å². The molecule has 0 heterocycles. The number of carbonyl (C=O) groups excluding carboxylic acids is 10. The van der Waals surface area contributed by atoms with E-state index >= 15 is 0 Å². The zero-order valence-corrected chi connectivity index (χ0v) is 80.7. The molecule has 50 heteroatoms. The van der Waals surface area contributed by atoms with E-state index in [1.807, 2.05) is 0 Å². The van der Waals surface area contributed by atoms with Gasteiger partial charge in [0.2, 0.25) is 11.6 Å². The molecule has 0 aliphatic heterocycles. The van der Waals surface area contributed by atoms with Gasteiger partial charge in [-0.1, -0.05) is 91.0 Å². The van der Waals surface area contributed by atoms with Crippen LogP contribution >= 0.6 is 44.5 Å². The van der Waals surface area contributed by atoms with Crippen LogP contribution in [0.1, 0.15) is 202 Å². The number of hydrogen-bond acceptors (Lipinski definition) is 22. The summed E-state index contributed by atoms with van der Waals surface area (Å²) in [5.41, 5.74) is 47.5. The molecule has 5 aromatic rings. The molecule has 0 radical (unpaired) electrons. The first-order chi connectivity index (χ1) is 59.4. The van der Waals surface area contributed by atoms with Crippen LogP contribution in [0.25, 0.3) is 47.3 Å². The minimum Gasteiger partial charge on any atom is -1.00 e. The number of unbranched alkanes of at least 4 members (excludes halogenated alkanes) is 4. The van der Waals surface area contributed by atoms with Gasteiger partial charge < -0.3 is 87.5 Å². The zero-order chi connectivity index (χ0) is 96.6. The summed E-state index contributed by atoms with van der Waals surface area (Å²) < 4.78 is 68.9. The number of aromatic hydroxyl groups is 1. The number of halogens is 8. The number of alkyl halides is 1. The van der Waals surface area contributed by atoms with Crippen LogP contribution in [0.2, 0.25) is 0 Å². The van der Waals surface area contributed by atoms with Gasteiger partial charge in [0, 0.05) is 96.9 Å². The number of nitrogens with two attached hydrogens (primary N) is 1. The Morgan fingerprint density at radius 1 is 0.454 bits per heavy atom. The first-order valence-electron chi connectivity index (χ1n) is 38.6. The summed E-state index contributed by atoms with van der Waals surface area (Å²) in [5.74, 6) is -12.9. The molecule has 12 N–H and O–H groups in total. The number of alkyl carbamates (subject to hydrolysis) is 4. The number of nitrogens with zero attached hydrogens (tertiary/aromatic N) is 14. The van der Waals surface area contributed by atoms with Crippen molar-refractivity contribution in [2.75, 3.05) is 31.5 Å². The number of phenolic OH excluding ortho intramolecular Hbond substituents is 1. The maximum absolute atomic E-state index is 12.5. The number of rotatable bonds is 37. The number of Topliss-reactive ketones (excluding diaryl/α,β-unsaturated/α-hetero) is 2. The Bertz CT molecular complexity index is 4770. The van der Waals surface area contributed by atoms with E-state index in [1.54, 1.807) is 126 Å². The number of carboxylic acid groups (broad SMARTS) is 2. The molecule has 130 heavy (non-hydrogen) atoms. The fourth-order valence-electron chi connectivity index (χ4n) is 9.46. The van der Waals surface area contributed by atoms with Crippen molar-refractivity contribution in [2.45, 2.75) is 207 Å². The Balaban J connectivity index is -0.000000754. The molecule has 0 saturated carbocycles. The number of amides is 7. The van der Waals surface area contributed by atoms with E-state index in [-0.39, 0.29) is 126 Å². The molecule has 0 aliphatic rings. The van der Waals surface area contributed by atoms with Gasteiger partial charge in [0.15, 0.2) is 23.2 Å². The van der Waals surface area contributed by atoms with Crippen LogP contribution in [-0.4, -0.2) is 175 Å². The molecule has 706 valence electrons. The predicted molar refractivity (Wildman–Crippen MR) is 472 cm³/mol. The third-order valence-electron chi connectivity index (χ3n) is 15.1. The molecule has 41 nitrogen and oxygen atoms in total.